The molecule has 1 heterocycles. The molecule has 0 spiro atoms. The maximum absolute atomic E-state index is 12.3. The van der Waals surface area contributed by atoms with Crippen molar-refractivity contribution in [2.45, 2.75) is 30.8 Å². The number of esters is 1. The number of carbonyl (C=O) groups excluding carboxylic acids is 1. The SMILES string of the molecule is COC(=O)C(CCc1ccc(C)cc1)NS(=O)(=O)c1ccccn1. The van der Waals surface area contributed by atoms with Gasteiger partial charge in [0.2, 0.25) is 0 Å². The maximum Gasteiger partial charge on any atom is 0.323 e. The molecule has 0 bridgehead atoms. The van der Waals surface area contributed by atoms with E-state index in [4.69, 9.17) is 4.74 Å². The van der Waals surface area contributed by atoms with E-state index in [9.17, 15) is 13.2 Å². The van der Waals surface area contributed by atoms with E-state index in [1.54, 1.807) is 12.1 Å². The van der Waals surface area contributed by atoms with Crippen LogP contribution in [0.2, 0.25) is 0 Å². The molecule has 24 heavy (non-hydrogen) atoms. The van der Waals surface area contributed by atoms with Crippen LogP contribution in [0.25, 0.3) is 0 Å². The molecule has 1 N–H and O–H groups in total. The fourth-order valence-corrected chi connectivity index (χ4v) is 3.35. The first-order valence-electron chi connectivity index (χ1n) is 7.49. The van der Waals surface area contributed by atoms with Gasteiger partial charge in [-0.2, -0.15) is 4.72 Å². The lowest BCUT2D eigenvalue weighted by Crippen LogP contribution is -2.42. The van der Waals surface area contributed by atoms with Gasteiger partial charge in [0, 0.05) is 6.20 Å². The smallest absolute Gasteiger partial charge is 0.323 e. The van der Waals surface area contributed by atoms with E-state index in [2.05, 4.69) is 9.71 Å². The number of nitrogens with one attached hydrogen (secondary N) is 1. The quantitative estimate of drug-likeness (QED) is 0.772. The highest BCUT2D eigenvalue weighted by molar-refractivity contribution is 7.89. The van der Waals surface area contributed by atoms with Gasteiger partial charge < -0.3 is 4.74 Å². The summed E-state index contributed by atoms with van der Waals surface area (Å²) < 4.78 is 31.8. The van der Waals surface area contributed by atoms with Crippen LogP contribution in [-0.4, -0.2) is 32.5 Å². The van der Waals surface area contributed by atoms with Gasteiger partial charge in [0.05, 0.1) is 7.11 Å². The molecule has 2 rings (SSSR count). The summed E-state index contributed by atoms with van der Waals surface area (Å²) in [7, 11) is -2.66. The van der Waals surface area contributed by atoms with Crippen LogP contribution in [0, 0.1) is 6.92 Å². The van der Waals surface area contributed by atoms with Gasteiger partial charge in [-0.05, 0) is 37.5 Å². The third kappa shape index (κ3) is 4.87. The summed E-state index contributed by atoms with van der Waals surface area (Å²) in [6.07, 6.45) is 2.22. The summed E-state index contributed by atoms with van der Waals surface area (Å²) in [4.78, 5) is 15.7. The van der Waals surface area contributed by atoms with Crippen molar-refractivity contribution in [3.8, 4) is 0 Å². The molecule has 0 radical (unpaired) electrons. The first-order valence-corrected chi connectivity index (χ1v) is 8.97. The molecule has 1 aromatic heterocycles. The Balaban J connectivity index is 2.11. The Labute approximate surface area is 141 Å². The molecule has 7 heteroatoms. The molecule has 1 unspecified atom stereocenters. The number of pyridine rings is 1. The predicted molar refractivity (Wildman–Crippen MR) is 89.9 cm³/mol. The van der Waals surface area contributed by atoms with Crippen LogP contribution < -0.4 is 4.72 Å². The highest BCUT2D eigenvalue weighted by Crippen LogP contribution is 2.11. The van der Waals surface area contributed by atoms with Crippen LogP contribution in [0.5, 0.6) is 0 Å². The van der Waals surface area contributed by atoms with Gasteiger partial charge in [-0.25, -0.2) is 13.4 Å². The van der Waals surface area contributed by atoms with Crippen LogP contribution >= 0.6 is 0 Å². The molecular formula is C17H20N2O4S. The largest absolute Gasteiger partial charge is 0.468 e. The van der Waals surface area contributed by atoms with Gasteiger partial charge >= 0.3 is 5.97 Å². The lowest BCUT2D eigenvalue weighted by atomic mass is 10.0. The Morgan fingerprint density at radius 3 is 2.50 bits per heavy atom. The van der Waals surface area contributed by atoms with Crippen LogP contribution in [0.4, 0.5) is 0 Å². The van der Waals surface area contributed by atoms with Gasteiger partial charge in [0.15, 0.2) is 5.03 Å². The Hall–Kier alpha value is -2.25. The van der Waals surface area contributed by atoms with Crippen molar-refractivity contribution in [3.05, 3.63) is 59.8 Å². The summed E-state index contributed by atoms with van der Waals surface area (Å²) >= 11 is 0. The van der Waals surface area contributed by atoms with Crippen LogP contribution in [0.1, 0.15) is 17.5 Å². The van der Waals surface area contributed by atoms with E-state index in [0.29, 0.717) is 12.8 Å². The summed E-state index contributed by atoms with van der Waals surface area (Å²) in [6, 6.07) is 11.4. The topological polar surface area (TPSA) is 85.4 Å². The highest BCUT2D eigenvalue weighted by Gasteiger charge is 2.26. The Morgan fingerprint density at radius 2 is 1.92 bits per heavy atom. The van der Waals surface area contributed by atoms with E-state index in [-0.39, 0.29) is 5.03 Å². The molecule has 1 aromatic carbocycles. The predicted octanol–water partition coefficient (Wildman–Crippen LogP) is 1.84. The van der Waals surface area contributed by atoms with Crippen molar-refractivity contribution < 1.29 is 17.9 Å². The number of aryl methyl sites for hydroxylation is 2. The first-order chi connectivity index (χ1) is 11.4. The van der Waals surface area contributed by atoms with Crippen molar-refractivity contribution in [3.63, 3.8) is 0 Å². The van der Waals surface area contributed by atoms with Crippen molar-refractivity contribution in [2.75, 3.05) is 7.11 Å². The van der Waals surface area contributed by atoms with Crippen LogP contribution in [-0.2, 0) is 26.0 Å². The third-order valence-electron chi connectivity index (χ3n) is 3.54. The molecule has 0 saturated carbocycles. The minimum Gasteiger partial charge on any atom is -0.468 e. The number of sulfonamides is 1. The lowest BCUT2D eigenvalue weighted by Gasteiger charge is -2.16. The number of carbonyl (C=O) groups is 1. The van der Waals surface area contributed by atoms with E-state index >= 15 is 0 Å². The number of benzene rings is 1. The zero-order valence-electron chi connectivity index (χ0n) is 13.6. The molecule has 0 aliphatic rings. The van der Waals surface area contributed by atoms with Gasteiger partial charge in [-0.15, -0.1) is 0 Å². The van der Waals surface area contributed by atoms with Crippen molar-refractivity contribution in [2.24, 2.45) is 0 Å². The summed E-state index contributed by atoms with van der Waals surface area (Å²) in [6.45, 7) is 1.99. The number of methoxy groups -OCH3 is 1. The first kappa shape index (κ1) is 18.1. The molecule has 1 atom stereocenters. The molecular weight excluding hydrogens is 328 g/mol. The molecule has 2 aromatic rings. The van der Waals surface area contributed by atoms with E-state index in [1.165, 1.54) is 19.4 Å². The van der Waals surface area contributed by atoms with E-state index in [1.807, 2.05) is 31.2 Å². The Morgan fingerprint density at radius 1 is 1.21 bits per heavy atom. The Kier molecular flexibility index (Phi) is 6.05. The molecule has 6 nitrogen and oxygen atoms in total. The summed E-state index contributed by atoms with van der Waals surface area (Å²) in [5.74, 6) is -0.624. The van der Waals surface area contributed by atoms with Crippen molar-refractivity contribution in [1.82, 2.24) is 9.71 Å². The average molecular weight is 348 g/mol. The Bertz CT molecular complexity index is 774. The van der Waals surface area contributed by atoms with Crippen molar-refractivity contribution >= 4 is 16.0 Å². The second kappa shape index (κ2) is 8.03. The van der Waals surface area contributed by atoms with Gasteiger partial charge in [-0.3, -0.25) is 4.79 Å². The fourth-order valence-electron chi connectivity index (χ4n) is 2.19. The zero-order valence-corrected chi connectivity index (χ0v) is 14.4. The number of hydrogen-bond acceptors (Lipinski definition) is 5. The van der Waals surface area contributed by atoms with Crippen molar-refractivity contribution in [1.29, 1.82) is 0 Å². The number of aromatic nitrogens is 1. The number of rotatable bonds is 7. The maximum atomic E-state index is 12.3. The van der Waals surface area contributed by atoms with Gasteiger partial charge in [0.1, 0.15) is 6.04 Å². The minimum absolute atomic E-state index is 0.130. The lowest BCUT2D eigenvalue weighted by molar-refractivity contribution is -0.142. The van der Waals surface area contributed by atoms with Crippen LogP contribution in [0.15, 0.2) is 53.7 Å². The fraction of sp³-hybridized carbons (Fsp3) is 0.294. The zero-order chi connectivity index (χ0) is 17.6. The van der Waals surface area contributed by atoms with E-state index < -0.39 is 22.0 Å². The third-order valence-corrected chi connectivity index (χ3v) is 4.93. The van der Waals surface area contributed by atoms with Gasteiger partial charge in [0.25, 0.3) is 10.0 Å². The monoisotopic (exact) mass is 348 g/mol. The highest BCUT2D eigenvalue weighted by atomic mass is 32.2. The molecule has 0 aliphatic heterocycles. The molecule has 128 valence electrons. The molecule has 0 fully saturated rings. The van der Waals surface area contributed by atoms with E-state index in [0.717, 1.165) is 11.1 Å². The molecule has 0 saturated heterocycles. The normalized spacial score (nSPS) is 12.6. The minimum atomic E-state index is -3.89. The number of hydrogen-bond donors (Lipinski definition) is 1. The second-order valence-electron chi connectivity index (χ2n) is 5.39. The van der Waals surface area contributed by atoms with Gasteiger partial charge in [-0.1, -0.05) is 35.9 Å². The summed E-state index contributed by atoms with van der Waals surface area (Å²) in [5.41, 5.74) is 2.16. The molecule has 0 aliphatic carbocycles. The number of ether oxygens (including phenoxy) is 1. The van der Waals surface area contributed by atoms with Crippen LogP contribution in [0.3, 0.4) is 0 Å². The number of nitrogens with zero attached hydrogens (tertiary/aromatic N) is 1. The summed E-state index contributed by atoms with van der Waals surface area (Å²) in [5, 5.41) is -0.130. The standard InChI is InChI=1S/C17H20N2O4S/c1-13-6-8-14(9-7-13)10-11-15(17(20)23-2)19-24(21,22)16-5-3-4-12-18-16/h3-9,12,15,19H,10-11H2,1-2H3. The molecule has 0 amide bonds. The second-order valence-corrected chi connectivity index (χ2v) is 7.05. The average Bonchev–Trinajstić information content (AvgIpc) is 2.60.